The molecule has 1 N–H and O–H groups in total. The van der Waals surface area contributed by atoms with Crippen LogP contribution in [-0.2, 0) is 4.74 Å². The molecular weight excluding hydrogens is 182 g/mol. The smallest absolute Gasteiger partial charge is 0.407 e. The summed E-state index contributed by atoms with van der Waals surface area (Å²) in [4.78, 5) is 12.0. The van der Waals surface area contributed by atoms with Crippen LogP contribution < -0.4 is 0 Å². The third kappa shape index (κ3) is 3.54. The molecule has 0 aromatic carbocycles. The molecule has 1 unspecified atom stereocenters. The van der Waals surface area contributed by atoms with E-state index in [0.717, 1.165) is 6.42 Å². The molecule has 1 heterocycles. The van der Waals surface area contributed by atoms with Crippen molar-refractivity contribution in [3.63, 3.8) is 0 Å². The average Bonchev–Trinajstić information content (AvgIpc) is 2.47. The highest BCUT2D eigenvalue weighted by atomic mass is 16.5. The topological polar surface area (TPSA) is 49.8 Å². The van der Waals surface area contributed by atoms with Crippen LogP contribution in [0, 0.1) is 5.41 Å². The molecule has 0 bridgehead atoms. The Morgan fingerprint density at radius 1 is 1.57 bits per heavy atom. The Balaban J connectivity index is 2.26. The molecule has 0 saturated carbocycles. The Labute approximate surface area is 84.8 Å². The van der Waals surface area contributed by atoms with E-state index in [4.69, 9.17) is 9.84 Å². The van der Waals surface area contributed by atoms with Crippen molar-refractivity contribution in [2.24, 2.45) is 5.41 Å². The van der Waals surface area contributed by atoms with E-state index in [1.54, 1.807) is 0 Å². The van der Waals surface area contributed by atoms with E-state index >= 15 is 0 Å². The second kappa shape index (κ2) is 4.17. The van der Waals surface area contributed by atoms with Crippen molar-refractivity contribution < 1.29 is 14.6 Å². The molecule has 4 nitrogen and oxygen atoms in total. The predicted molar refractivity (Wildman–Crippen MR) is 53.4 cm³/mol. The highest BCUT2D eigenvalue weighted by Gasteiger charge is 2.27. The summed E-state index contributed by atoms with van der Waals surface area (Å²) in [6.07, 6.45) is 0.0692. The molecule has 0 radical (unpaired) electrons. The minimum atomic E-state index is -0.841. The van der Waals surface area contributed by atoms with E-state index in [0.29, 0.717) is 19.7 Å². The van der Waals surface area contributed by atoms with Gasteiger partial charge in [-0.25, -0.2) is 4.79 Å². The Morgan fingerprint density at radius 2 is 2.21 bits per heavy atom. The summed E-state index contributed by atoms with van der Waals surface area (Å²) in [6, 6.07) is 0. The van der Waals surface area contributed by atoms with Gasteiger partial charge in [-0.05, 0) is 11.8 Å². The Morgan fingerprint density at radius 3 is 2.64 bits per heavy atom. The van der Waals surface area contributed by atoms with Gasteiger partial charge in [0.2, 0.25) is 0 Å². The highest BCUT2D eigenvalue weighted by molar-refractivity contribution is 5.65. The first-order chi connectivity index (χ1) is 6.38. The molecule has 1 atom stereocenters. The zero-order valence-electron chi connectivity index (χ0n) is 9.12. The molecule has 0 spiro atoms. The number of carbonyl (C=O) groups is 1. The van der Waals surface area contributed by atoms with Gasteiger partial charge in [0.25, 0.3) is 0 Å². The molecule has 1 rings (SSSR count). The normalized spacial score (nSPS) is 22.8. The predicted octanol–water partition coefficient (Wildman–Crippen LogP) is 1.80. The maximum atomic E-state index is 10.6. The van der Waals surface area contributed by atoms with Crippen molar-refractivity contribution in [3.8, 4) is 0 Å². The second-order valence-corrected chi connectivity index (χ2v) is 5.01. The molecule has 1 aliphatic heterocycles. The quantitative estimate of drug-likeness (QED) is 0.741. The number of likely N-dealkylation sites (tertiary alicyclic amines) is 1. The zero-order valence-corrected chi connectivity index (χ0v) is 9.12. The van der Waals surface area contributed by atoms with Crippen LogP contribution in [-0.4, -0.2) is 41.9 Å². The van der Waals surface area contributed by atoms with Gasteiger partial charge in [0.15, 0.2) is 0 Å². The Bertz CT molecular complexity index is 210. The van der Waals surface area contributed by atoms with Gasteiger partial charge in [-0.15, -0.1) is 0 Å². The molecule has 4 heteroatoms. The average molecular weight is 201 g/mol. The lowest BCUT2D eigenvalue weighted by atomic mass is 9.98. The Kier molecular flexibility index (Phi) is 3.37. The standard InChI is InChI=1S/C10H19NO3/c1-10(2,3)7-14-8-4-5-11(6-8)9(12)13/h8H,4-7H2,1-3H3,(H,12,13). The van der Waals surface area contributed by atoms with Gasteiger partial charge < -0.3 is 14.7 Å². The fraction of sp³-hybridized carbons (Fsp3) is 0.900. The minimum Gasteiger partial charge on any atom is -0.465 e. The van der Waals surface area contributed by atoms with Crippen molar-refractivity contribution in [2.45, 2.75) is 33.3 Å². The van der Waals surface area contributed by atoms with Crippen molar-refractivity contribution >= 4 is 6.09 Å². The number of rotatable bonds is 2. The lowest BCUT2D eigenvalue weighted by Gasteiger charge is -2.21. The third-order valence-corrected chi connectivity index (χ3v) is 2.17. The lowest BCUT2D eigenvalue weighted by molar-refractivity contribution is 0.0147. The summed E-state index contributed by atoms with van der Waals surface area (Å²) in [5.41, 5.74) is 0.149. The van der Waals surface area contributed by atoms with Gasteiger partial charge in [-0.1, -0.05) is 20.8 Å². The first-order valence-electron chi connectivity index (χ1n) is 4.98. The van der Waals surface area contributed by atoms with Crippen LogP contribution in [0.25, 0.3) is 0 Å². The molecule has 1 saturated heterocycles. The number of ether oxygens (including phenoxy) is 1. The molecule has 0 aliphatic carbocycles. The summed E-state index contributed by atoms with van der Waals surface area (Å²) >= 11 is 0. The fourth-order valence-corrected chi connectivity index (χ4v) is 1.41. The second-order valence-electron chi connectivity index (χ2n) is 5.01. The van der Waals surface area contributed by atoms with E-state index in [1.807, 2.05) is 0 Å². The van der Waals surface area contributed by atoms with Gasteiger partial charge in [-0.3, -0.25) is 0 Å². The SMILES string of the molecule is CC(C)(C)COC1CCN(C(=O)O)C1. The molecule has 0 aromatic heterocycles. The van der Waals surface area contributed by atoms with E-state index in [9.17, 15) is 4.79 Å². The van der Waals surface area contributed by atoms with Crippen molar-refractivity contribution in [1.29, 1.82) is 0 Å². The maximum Gasteiger partial charge on any atom is 0.407 e. The van der Waals surface area contributed by atoms with E-state index in [-0.39, 0.29) is 11.5 Å². The summed E-state index contributed by atoms with van der Waals surface area (Å²) in [6.45, 7) is 8.13. The van der Waals surface area contributed by atoms with Crippen molar-refractivity contribution in [3.05, 3.63) is 0 Å². The summed E-state index contributed by atoms with van der Waals surface area (Å²) in [5, 5.41) is 8.73. The van der Waals surface area contributed by atoms with Gasteiger partial charge in [-0.2, -0.15) is 0 Å². The first kappa shape index (κ1) is 11.3. The Hall–Kier alpha value is -0.770. The molecular formula is C10H19NO3. The number of hydrogen-bond donors (Lipinski definition) is 1. The van der Waals surface area contributed by atoms with Crippen LogP contribution in [0.15, 0.2) is 0 Å². The number of amides is 1. The van der Waals surface area contributed by atoms with Crippen molar-refractivity contribution in [1.82, 2.24) is 4.90 Å². The minimum absolute atomic E-state index is 0.0883. The van der Waals surface area contributed by atoms with Gasteiger partial charge in [0.05, 0.1) is 19.3 Å². The monoisotopic (exact) mass is 201 g/mol. The van der Waals surface area contributed by atoms with Crippen LogP contribution in [0.5, 0.6) is 0 Å². The lowest BCUT2D eigenvalue weighted by Crippen LogP contribution is -2.29. The van der Waals surface area contributed by atoms with Crippen LogP contribution in [0.4, 0.5) is 4.79 Å². The van der Waals surface area contributed by atoms with Gasteiger partial charge >= 0.3 is 6.09 Å². The number of carboxylic acid groups (broad SMARTS) is 1. The largest absolute Gasteiger partial charge is 0.465 e. The van der Waals surface area contributed by atoms with Gasteiger partial charge in [0, 0.05) is 6.54 Å². The molecule has 1 amide bonds. The van der Waals surface area contributed by atoms with E-state index in [1.165, 1.54) is 4.90 Å². The molecule has 1 aliphatic rings. The molecule has 0 aromatic rings. The van der Waals surface area contributed by atoms with E-state index in [2.05, 4.69) is 20.8 Å². The maximum absolute atomic E-state index is 10.6. The summed E-state index contributed by atoms with van der Waals surface area (Å²) < 4.78 is 5.64. The highest BCUT2D eigenvalue weighted by Crippen LogP contribution is 2.18. The zero-order chi connectivity index (χ0) is 10.8. The van der Waals surface area contributed by atoms with Crippen LogP contribution in [0.3, 0.4) is 0 Å². The van der Waals surface area contributed by atoms with Crippen LogP contribution in [0.2, 0.25) is 0 Å². The molecule has 82 valence electrons. The van der Waals surface area contributed by atoms with Gasteiger partial charge in [0.1, 0.15) is 0 Å². The van der Waals surface area contributed by atoms with Crippen molar-refractivity contribution in [2.75, 3.05) is 19.7 Å². The van der Waals surface area contributed by atoms with Crippen LogP contribution >= 0.6 is 0 Å². The van der Waals surface area contributed by atoms with E-state index < -0.39 is 6.09 Å². The molecule has 1 fully saturated rings. The van der Waals surface area contributed by atoms with Crippen LogP contribution in [0.1, 0.15) is 27.2 Å². The third-order valence-electron chi connectivity index (χ3n) is 2.17. The molecule has 14 heavy (non-hydrogen) atoms. The number of nitrogens with zero attached hydrogens (tertiary/aromatic N) is 1. The number of hydrogen-bond acceptors (Lipinski definition) is 2. The first-order valence-corrected chi connectivity index (χ1v) is 4.98. The summed E-state index contributed by atoms with van der Waals surface area (Å²) in [5.74, 6) is 0. The fourth-order valence-electron chi connectivity index (χ4n) is 1.41. The summed E-state index contributed by atoms with van der Waals surface area (Å²) in [7, 11) is 0.